The van der Waals surface area contributed by atoms with Crippen molar-refractivity contribution >= 4 is 21.8 Å². The zero-order valence-corrected chi connectivity index (χ0v) is 14.5. The van der Waals surface area contributed by atoms with E-state index < -0.39 is 0 Å². The minimum Gasteiger partial charge on any atom is -0.374 e. The quantitative estimate of drug-likeness (QED) is 0.879. The zero-order chi connectivity index (χ0) is 15.4. The molecule has 2 heterocycles. The number of hydrogen-bond acceptors (Lipinski definition) is 3. The number of nitrogens with zero attached hydrogens (tertiary/aromatic N) is 2. The molecule has 2 rings (SSSR count). The molecule has 21 heavy (non-hydrogen) atoms. The van der Waals surface area contributed by atoms with Crippen LogP contribution in [0.3, 0.4) is 0 Å². The number of carbonyl (C=O) groups is 1. The SMILES string of the molecule is CCN1CCOC(CNC(=O)c2cc(Br)cn2C(C)C)C1. The third kappa shape index (κ3) is 4.31. The number of morpholine rings is 1. The molecular weight excluding hydrogens is 334 g/mol. The second-order valence-corrected chi connectivity index (χ2v) is 6.56. The van der Waals surface area contributed by atoms with E-state index in [1.165, 1.54) is 0 Å². The molecule has 1 aromatic rings. The summed E-state index contributed by atoms with van der Waals surface area (Å²) < 4.78 is 8.60. The van der Waals surface area contributed by atoms with Gasteiger partial charge in [0.2, 0.25) is 0 Å². The maximum Gasteiger partial charge on any atom is 0.268 e. The topological polar surface area (TPSA) is 46.5 Å². The van der Waals surface area contributed by atoms with Crippen LogP contribution in [0.25, 0.3) is 0 Å². The van der Waals surface area contributed by atoms with Crippen molar-refractivity contribution in [1.29, 1.82) is 0 Å². The van der Waals surface area contributed by atoms with Crippen molar-refractivity contribution < 1.29 is 9.53 Å². The summed E-state index contributed by atoms with van der Waals surface area (Å²) in [7, 11) is 0. The van der Waals surface area contributed by atoms with Crippen LogP contribution in [0.5, 0.6) is 0 Å². The highest BCUT2D eigenvalue weighted by Crippen LogP contribution is 2.19. The molecule has 0 spiro atoms. The Bertz CT molecular complexity index is 487. The van der Waals surface area contributed by atoms with E-state index in [1.54, 1.807) is 0 Å². The van der Waals surface area contributed by atoms with Crippen LogP contribution in [0.15, 0.2) is 16.7 Å². The highest BCUT2D eigenvalue weighted by Gasteiger charge is 2.21. The number of halogens is 1. The summed E-state index contributed by atoms with van der Waals surface area (Å²) in [5.41, 5.74) is 0.681. The molecule has 1 fully saturated rings. The fraction of sp³-hybridized carbons (Fsp3) is 0.667. The molecule has 5 nitrogen and oxygen atoms in total. The first kappa shape index (κ1) is 16.5. The van der Waals surface area contributed by atoms with E-state index in [0.717, 1.165) is 30.7 Å². The molecule has 0 saturated carbocycles. The molecule has 1 amide bonds. The second kappa shape index (κ2) is 7.42. The van der Waals surface area contributed by atoms with Crippen LogP contribution in [-0.2, 0) is 4.74 Å². The number of hydrogen-bond donors (Lipinski definition) is 1. The summed E-state index contributed by atoms with van der Waals surface area (Å²) >= 11 is 3.43. The number of nitrogens with one attached hydrogen (secondary N) is 1. The van der Waals surface area contributed by atoms with Gasteiger partial charge >= 0.3 is 0 Å². The van der Waals surface area contributed by atoms with Crippen LogP contribution in [0.4, 0.5) is 0 Å². The van der Waals surface area contributed by atoms with E-state index in [4.69, 9.17) is 4.74 Å². The molecular formula is C15H24BrN3O2. The summed E-state index contributed by atoms with van der Waals surface area (Å²) in [6.07, 6.45) is 2.02. The molecule has 1 unspecified atom stereocenters. The number of rotatable bonds is 5. The fourth-order valence-electron chi connectivity index (χ4n) is 2.54. The molecule has 6 heteroatoms. The molecule has 118 valence electrons. The van der Waals surface area contributed by atoms with Gasteiger partial charge in [-0.3, -0.25) is 9.69 Å². The Morgan fingerprint density at radius 3 is 3.00 bits per heavy atom. The van der Waals surface area contributed by atoms with Crippen molar-refractivity contribution in [2.75, 3.05) is 32.8 Å². The molecule has 0 bridgehead atoms. The Hall–Kier alpha value is -0.850. The number of amides is 1. The lowest BCUT2D eigenvalue weighted by Gasteiger charge is -2.32. The molecule has 1 aliphatic rings. The second-order valence-electron chi connectivity index (χ2n) is 5.64. The van der Waals surface area contributed by atoms with Crippen molar-refractivity contribution in [3.8, 4) is 0 Å². The Kier molecular flexibility index (Phi) is 5.84. The minimum absolute atomic E-state index is 0.0494. The smallest absolute Gasteiger partial charge is 0.268 e. The van der Waals surface area contributed by atoms with Crippen molar-refractivity contribution in [3.05, 3.63) is 22.4 Å². The van der Waals surface area contributed by atoms with Gasteiger partial charge in [0.15, 0.2) is 0 Å². The van der Waals surface area contributed by atoms with E-state index in [9.17, 15) is 4.79 Å². The van der Waals surface area contributed by atoms with E-state index in [2.05, 4.69) is 46.9 Å². The maximum atomic E-state index is 12.4. The predicted octanol–water partition coefficient (Wildman–Crippen LogP) is 2.28. The normalized spacial score (nSPS) is 20.0. The number of carbonyl (C=O) groups excluding carboxylic acids is 1. The zero-order valence-electron chi connectivity index (χ0n) is 12.9. The molecule has 0 aromatic carbocycles. The van der Waals surface area contributed by atoms with E-state index in [0.29, 0.717) is 12.2 Å². The van der Waals surface area contributed by atoms with Crippen molar-refractivity contribution in [1.82, 2.24) is 14.8 Å². The molecule has 1 N–H and O–H groups in total. The van der Waals surface area contributed by atoms with Crippen LogP contribution in [0.2, 0.25) is 0 Å². The van der Waals surface area contributed by atoms with Crippen LogP contribution < -0.4 is 5.32 Å². The van der Waals surface area contributed by atoms with E-state index in [1.807, 2.05) is 16.8 Å². The average molecular weight is 358 g/mol. The first-order chi connectivity index (χ1) is 10.0. The van der Waals surface area contributed by atoms with Gasteiger partial charge in [-0.25, -0.2) is 0 Å². The largest absolute Gasteiger partial charge is 0.374 e. The lowest BCUT2D eigenvalue weighted by Crippen LogP contribution is -2.47. The molecule has 1 atom stereocenters. The fourth-order valence-corrected chi connectivity index (χ4v) is 2.98. The lowest BCUT2D eigenvalue weighted by atomic mass is 10.2. The van der Waals surface area contributed by atoms with E-state index >= 15 is 0 Å². The van der Waals surface area contributed by atoms with Gasteiger partial charge in [-0.1, -0.05) is 6.92 Å². The van der Waals surface area contributed by atoms with Gasteiger partial charge in [0.25, 0.3) is 5.91 Å². The molecule has 1 aromatic heterocycles. The first-order valence-electron chi connectivity index (χ1n) is 7.50. The monoisotopic (exact) mass is 357 g/mol. The summed E-state index contributed by atoms with van der Waals surface area (Å²) in [5.74, 6) is -0.0494. The molecule has 1 aliphatic heterocycles. The summed E-state index contributed by atoms with van der Waals surface area (Å²) in [5, 5.41) is 2.99. The Morgan fingerprint density at radius 1 is 1.57 bits per heavy atom. The predicted molar refractivity (Wildman–Crippen MR) is 86.7 cm³/mol. The molecule has 0 radical (unpaired) electrons. The van der Waals surface area contributed by atoms with Crippen molar-refractivity contribution in [2.45, 2.75) is 32.9 Å². The van der Waals surface area contributed by atoms with Gasteiger partial charge in [0.1, 0.15) is 5.69 Å². The van der Waals surface area contributed by atoms with Crippen LogP contribution >= 0.6 is 15.9 Å². The first-order valence-corrected chi connectivity index (χ1v) is 8.30. The van der Waals surface area contributed by atoms with Gasteiger partial charge in [-0.2, -0.15) is 0 Å². The van der Waals surface area contributed by atoms with Gasteiger partial charge in [0.05, 0.1) is 12.7 Å². The maximum absolute atomic E-state index is 12.4. The number of likely N-dealkylation sites (N-methyl/N-ethyl adjacent to an activating group) is 1. The standard InChI is InChI=1S/C15H24BrN3O2/c1-4-18-5-6-21-13(10-18)8-17-15(20)14-7-12(16)9-19(14)11(2)3/h7,9,11,13H,4-6,8,10H2,1-3H3,(H,17,20). The Labute approximate surface area is 134 Å². The third-order valence-electron chi connectivity index (χ3n) is 3.76. The minimum atomic E-state index is -0.0494. The van der Waals surface area contributed by atoms with Gasteiger partial charge < -0.3 is 14.6 Å². The number of ether oxygens (including phenoxy) is 1. The van der Waals surface area contributed by atoms with Crippen LogP contribution in [0.1, 0.15) is 37.3 Å². The van der Waals surface area contributed by atoms with Gasteiger partial charge in [-0.15, -0.1) is 0 Å². The Morgan fingerprint density at radius 2 is 2.33 bits per heavy atom. The van der Waals surface area contributed by atoms with Crippen molar-refractivity contribution in [3.63, 3.8) is 0 Å². The summed E-state index contributed by atoms with van der Waals surface area (Å²) in [4.78, 5) is 14.7. The highest BCUT2D eigenvalue weighted by molar-refractivity contribution is 9.10. The third-order valence-corrected chi connectivity index (χ3v) is 4.20. The average Bonchev–Trinajstić information content (AvgIpc) is 2.87. The van der Waals surface area contributed by atoms with Gasteiger partial charge in [0, 0.05) is 36.3 Å². The van der Waals surface area contributed by atoms with E-state index in [-0.39, 0.29) is 18.1 Å². The molecule has 1 saturated heterocycles. The molecule has 0 aliphatic carbocycles. The summed E-state index contributed by atoms with van der Waals surface area (Å²) in [6, 6.07) is 2.11. The van der Waals surface area contributed by atoms with Crippen LogP contribution in [-0.4, -0.2) is 54.3 Å². The summed E-state index contributed by atoms with van der Waals surface area (Å²) in [6.45, 7) is 10.4. The van der Waals surface area contributed by atoms with Crippen LogP contribution in [0, 0.1) is 0 Å². The lowest BCUT2D eigenvalue weighted by molar-refractivity contribution is -0.0246. The highest BCUT2D eigenvalue weighted by atomic mass is 79.9. The van der Waals surface area contributed by atoms with Crippen molar-refractivity contribution in [2.24, 2.45) is 0 Å². The van der Waals surface area contributed by atoms with Gasteiger partial charge in [-0.05, 0) is 42.4 Å². The number of aromatic nitrogens is 1. The Balaban J connectivity index is 1.93.